The van der Waals surface area contributed by atoms with Crippen LogP contribution >= 0.6 is 11.6 Å². The van der Waals surface area contributed by atoms with Crippen molar-refractivity contribution in [2.75, 3.05) is 6.54 Å². The molecular weight excluding hydrogens is 262 g/mol. The number of carbonyl (C=O) groups excluding carboxylic acids is 1. The summed E-state index contributed by atoms with van der Waals surface area (Å²) < 4.78 is 0. The van der Waals surface area contributed by atoms with Gasteiger partial charge in [0.2, 0.25) is 5.91 Å². The van der Waals surface area contributed by atoms with E-state index in [4.69, 9.17) is 11.6 Å². The summed E-state index contributed by atoms with van der Waals surface area (Å²) >= 11 is 5.88. The van der Waals surface area contributed by atoms with Crippen molar-refractivity contribution in [3.05, 3.63) is 34.9 Å². The van der Waals surface area contributed by atoms with Gasteiger partial charge < -0.3 is 10.4 Å². The van der Waals surface area contributed by atoms with Crippen LogP contribution in [0.3, 0.4) is 0 Å². The second-order valence-electron chi connectivity index (χ2n) is 5.79. The molecule has 2 aliphatic carbocycles. The van der Waals surface area contributed by atoms with Crippen LogP contribution in [0.2, 0.25) is 5.02 Å². The van der Waals surface area contributed by atoms with E-state index in [0.29, 0.717) is 17.5 Å². The van der Waals surface area contributed by atoms with Gasteiger partial charge in [0.1, 0.15) is 0 Å². The number of hydrogen-bond acceptors (Lipinski definition) is 2. The van der Waals surface area contributed by atoms with E-state index in [9.17, 15) is 9.90 Å². The number of halogens is 1. The van der Waals surface area contributed by atoms with Crippen molar-refractivity contribution in [3.8, 4) is 0 Å². The molecule has 1 amide bonds. The van der Waals surface area contributed by atoms with Gasteiger partial charge in [0.05, 0.1) is 11.5 Å². The zero-order valence-electron chi connectivity index (χ0n) is 10.7. The molecule has 3 nitrogen and oxygen atoms in total. The predicted octanol–water partition coefficient (Wildman–Crippen LogP) is 2.26. The van der Waals surface area contributed by atoms with E-state index >= 15 is 0 Å². The molecule has 0 unspecified atom stereocenters. The Kier molecular flexibility index (Phi) is 3.27. The summed E-state index contributed by atoms with van der Waals surface area (Å²) in [6, 6.07) is 7.57. The summed E-state index contributed by atoms with van der Waals surface area (Å²) in [4.78, 5) is 12.3. The van der Waals surface area contributed by atoms with Gasteiger partial charge in [-0.05, 0) is 49.3 Å². The molecule has 2 N–H and O–H groups in total. The molecule has 0 radical (unpaired) electrons. The molecule has 2 fully saturated rings. The lowest BCUT2D eigenvalue weighted by Crippen LogP contribution is -2.42. The quantitative estimate of drug-likeness (QED) is 0.888. The fourth-order valence-corrected chi connectivity index (χ4v) is 2.94. The largest absolute Gasteiger partial charge is 0.393 e. The molecule has 2 saturated carbocycles. The Morgan fingerprint density at radius 2 is 1.95 bits per heavy atom. The molecule has 102 valence electrons. The minimum Gasteiger partial charge on any atom is -0.393 e. The van der Waals surface area contributed by atoms with E-state index in [1.807, 2.05) is 24.3 Å². The van der Waals surface area contributed by atoms with Crippen molar-refractivity contribution in [1.82, 2.24) is 5.32 Å². The average Bonchev–Trinajstić information content (AvgIpc) is 3.15. The first-order valence-electron chi connectivity index (χ1n) is 6.82. The number of benzene rings is 1. The number of hydrogen-bond donors (Lipinski definition) is 2. The van der Waals surface area contributed by atoms with Crippen LogP contribution in [-0.4, -0.2) is 23.7 Å². The first kappa shape index (κ1) is 12.9. The van der Waals surface area contributed by atoms with Gasteiger partial charge in [-0.25, -0.2) is 0 Å². The summed E-state index contributed by atoms with van der Waals surface area (Å²) in [7, 11) is 0. The lowest BCUT2D eigenvalue weighted by atomic mass is 9.82. The number of carbonyl (C=O) groups is 1. The van der Waals surface area contributed by atoms with Crippen molar-refractivity contribution in [2.45, 2.75) is 37.2 Å². The van der Waals surface area contributed by atoms with Crippen molar-refractivity contribution < 1.29 is 9.90 Å². The molecule has 0 aliphatic heterocycles. The topological polar surface area (TPSA) is 49.3 Å². The van der Waals surface area contributed by atoms with Crippen LogP contribution in [0.15, 0.2) is 24.3 Å². The van der Waals surface area contributed by atoms with Crippen molar-refractivity contribution in [3.63, 3.8) is 0 Å². The van der Waals surface area contributed by atoms with Crippen molar-refractivity contribution >= 4 is 17.5 Å². The van der Waals surface area contributed by atoms with Crippen molar-refractivity contribution in [2.24, 2.45) is 5.92 Å². The summed E-state index contributed by atoms with van der Waals surface area (Å²) in [5.74, 6) is 0.566. The zero-order chi connectivity index (χ0) is 13.5. The minimum absolute atomic E-state index is 0.121. The first-order valence-corrected chi connectivity index (χ1v) is 7.20. The highest BCUT2D eigenvalue weighted by molar-refractivity contribution is 6.30. The van der Waals surface area contributed by atoms with Crippen LogP contribution in [0.4, 0.5) is 0 Å². The molecule has 19 heavy (non-hydrogen) atoms. The molecule has 1 aromatic rings. The van der Waals surface area contributed by atoms with Gasteiger partial charge in [-0.2, -0.15) is 0 Å². The Labute approximate surface area is 118 Å². The normalized spacial score (nSPS) is 27.5. The number of rotatable bonds is 4. The fraction of sp³-hybridized carbons (Fsp3) is 0.533. The van der Waals surface area contributed by atoms with E-state index in [-0.39, 0.29) is 17.4 Å². The maximum absolute atomic E-state index is 12.3. The molecule has 4 heteroatoms. The standard InChI is InChI=1S/C15H18ClNO2/c16-12-3-1-11(2-4-12)15(5-6-15)14(19)17-9-10-7-13(18)8-10/h1-4,10,13,18H,5-9H2,(H,17,19). The first-order chi connectivity index (χ1) is 9.10. The summed E-state index contributed by atoms with van der Waals surface area (Å²) in [6.07, 6.45) is 3.29. The van der Waals surface area contributed by atoms with Gasteiger partial charge in [0, 0.05) is 11.6 Å². The highest BCUT2D eigenvalue weighted by atomic mass is 35.5. The molecule has 1 aromatic carbocycles. The lowest BCUT2D eigenvalue weighted by molar-refractivity contribution is -0.124. The maximum Gasteiger partial charge on any atom is 0.230 e. The number of aliphatic hydroxyl groups excluding tert-OH is 1. The van der Waals surface area contributed by atoms with Crippen LogP contribution in [0.5, 0.6) is 0 Å². The van der Waals surface area contributed by atoms with E-state index in [0.717, 1.165) is 31.2 Å². The molecule has 0 spiro atoms. The molecular formula is C15H18ClNO2. The fourth-order valence-electron chi connectivity index (χ4n) is 2.81. The monoisotopic (exact) mass is 279 g/mol. The highest BCUT2D eigenvalue weighted by Crippen LogP contribution is 2.48. The van der Waals surface area contributed by atoms with Gasteiger partial charge in [-0.3, -0.25) is 4.79 Å². The third-order valence-electron chi connectivity index (χ3n) is 4.34. The van der Waals surface area contributed by atoms with Crippen LogP contribution < -0.4 is 5.32 Å². The molecule has 0 atom stereocenters. The van der Waals surface area contributed by atoms with E-state index < -0.39 is 0 Å². The van der Waals surface area contributed by atoms with Crippen LogP contribution in [-0.2, 0) is 10.2 Å². The minimum atomic E-state index is -0.326. The van der Waals surface area contributed by atoms with Crippen molar-refractivity contribution in [1.29, 1.82) is 0 Å². The Bertz CT molecular complexity index is 475. The second kappa shape index (κ2) is 4.80. The predicted molar refractivity (Wildman–Crippen MR) is 74.1 cm³/mol. The second-order valence-corrected chi connectivity index (χ2v) is 6.23. The smallest absolute Gasteiger partial charge is 0.230 e. The Hall–Kier alpha value is -1.06. The highest BCUT2D eigenvalue weighted by Gasteiger charge is 2.51. The molecule has 0 saturated heterocycles. The Balaban J connectivity index is 1.61. The van der Waals surface area contributed by atoms with E-state index in [1.54, 1.807) is 0 Å². The summed E-state index contributed by atoms with van der Waals surface area (Å²) in [5, 5.41) is 13.0. The van der Waals surface area contributed by atoms with Crippen LogP contribution in [0.25, 0.3) is 0 Å². The molecule has 0 aromatic heterocycles. The zero-order valence-corrected chi connectivity index (χ0v) is 11.5. The van der Waals surface area contributed by atoms with Gasteiger partial charge >= 0.3 is 0 Å². The van der Waals surface area contributed by atoms with Crippen LogP contribution in [0.1, 0.15) is 31.2 Å². The maximum atomic E-state index is 12.3. The third-order valence-corrected chi connectivity index (χ3v) is 4.60. The molecule has 0 bridgehead atoms. The number of aliphatic hydroxyl groups is 1. The Morgan fingerprint density at radius 1 is 1.32 bits per heavy atom. The van der Waals surface area contributed by atoms with E-state index in [2.05, 4.69) is 5.32 Å². The number of amides is 1. The molecule has 3 rings (SSSR count). The van der Waals surface area contributed by atoms with Crippen LogP contribution in [0, 0.1) is 5.92 Å². The van der Waals surface area contributed by atoms with Gasteiger partial charge in [0.25, 0.3) is 0 Å². The Morgan fingerprint density at radius 3 is 2.47 bits per heavy atom. The molecule has 0 heterocycles. The van der Waals surface area contributed by atoms with Gasteiger partial charge in [0.15, 0.2) is 0 Å². The van der Waals surface area contributed by atoms with Gasteiger partial charge in [-0.1, -0.05) is 23.7 Å². The lowest BCUT2D eigenvalue weighted by Gasteiger charge is -2.31. The number of nitrogens with one attached hydrogen (secondary N) is 1. The molecule has 2 aliphatic rings. The van der Waals surface area contributed by atoms with E-state index in [1.165, 1.54) is 0 Å². The third kappa shape index (κ3) is 2.49. The van der Waals surface area contributed by atoms with Gasteiger partial charge in [-0.15, -0.1) is 0 Å². The SMILES string of the molecule is O=C(NCC1CC(O)C1)C1(c2ccc(Cl)cc2)CC1. The summed E-state index contributed by atoms with van der Waals surface area (Å²) in [6.45, 7) is 0.686. The average molecular weight is 280 g/mol. The summed E-state index contributed by atoms with van der Waals surface area (Å²) in [5.41, 5.74) is 0.732.